The smallest absolute Gasteiger partial charge is 0.196 e. The van der Waals surface area contributed by atoms with Crippen LogP contribution in [0.15, 0.2) is 44.1 Å². The summed E-state index contributed by atoms with van der Waals surface area (Å²) in [6, 6.07) is 7.25. The predicted octanol–water partition coefficient (Wildman–Crippen LogP) is 5.87. The third kappa shape index (κ3) is 3.59. The number of ether oxygens (including phenoxy) is 1. The molecular weight excluding hydrogens is 404 g/mol. The average Bonchev–Trinajstić information content (AvgIpc) is 3.12. The van der Waals surface area contributed by atoms with Gasteiger partial charge in [0.15, 0.2) is 22.8 Å². The van der Waals surface area contributed by atoms with E-state index in [1.54, 1.807) is 32.2 Å². The van der Waals surface area contributed by atoms with E-state index in [0.29, 0.717) is 50.5 Å². The Morgan fingerprint density at radius 3 is 2.53 bits per heavy atom. The summed E-state index contributed by atoms with van der Waals surface area (Å²) in [5.41, 5.74) is 3.21. The van der Waals surface area contributed by atoms with Crippen LogP contribution in [0.1, 0.15) is 41.3 Å². The Bertz CT molecular complexity index is 1320. The Kier molecular flexibility index (Phi) is 5.12. The SMILES string of the molecule is Cc1cc(C(C)Oc2ccc(Cl)nc2C)c2oc(-c3cnc(C)o3)c(C)c(=O)c2c1. The lowest BCUT2D eigenvalue weighted by molar-refractivity contribution is 0.224. The molecule has 1 atom stereocenters. The van der Waals surface area contributed by atoms with Crippen molar-refractivity contribution >= 4 is 22.6 Å². The summed E-state index contributed by atoms with van der Waals surface area (Å²) in [5.74, 6) is 1.90. The lowest BCUT2D eigenvalue weighted by atomic mass is 10.0. The Balaban J connectivity index is 1.88. The molecule has 0 radical (unpaired) electrons. The van der Waals surface area contributed by atoms with E-state index in [-0.39, 0.29) is 5.43 Å². The Hall–Kier alpha value is -3.12. The second-order valence-electron chi connectivity index (χ2n) is 7.34. The lowest BCUT2D eigenvalue weighted by Gasteiger charge is -2.18. The summed E-state index contributed by atoms with van der Waals surface area (Å²) in [4.78, 5) is 21.5. The molecule has 3 aromatic heterocycles. The van der Waals surface area contributed by atoms with Crippen LogP contribution in [0.2, 0.25) is 5.15 Å². The van der Waals surface area contributed by atoms with Crippen molar-refractivity contribution in [1.29, 1.82) is 0 Å². The number of nitrogens with zero attached hydrogens (tertiary/aromatic N) is 2. The molecule has 0 N–H and O–H groups in total. The number of benzene rings is 1. The van der Waals surface area contributed by atoms with E-state index in [9.17, 15) is 4.79 Å². The number of hydrogen-bond donors (Lipinski definition) is 0. The van der Waals surface area contributed by atoms with Crippen LogP contribution in [0.25, 0.3) is 22.5 Å². The van der Waals surface area contributed by atoms with Gasteiger partial charge in [-0.2, -0.15) is 0 Å². The molecule has 0 aliphatic carbocycles. The molecule has 0 fully saturated rings. The fourth-order valence-corrected chi connectivity index (χ4v) is 3.66. The zero-order valence-corrected chi connectivity index (χ0v) is 18.1. The van der Waals surface area contributed by atoms with Gasteiger partial charge in [-0.3, -0.25) is 4.79 Å². The maximum Gasteiger partial charge on any atom is 0.196 e. The minimum Gasteiger partial charge on any atom is -0.484 e. The molecule has 3 heterocycles. The predicted molar refractivity (Wildman–Crippen MR) is 115 cm³/mol. The molecule has 4 rings (SSSR count). The van der Waals surface area contributed by atoms with Crippen LogP contribution >= 0.6 is 11.6 Å². The van der Waals surface area contributed by atoms with Gasteiger partial charge in [0.1, 0.15) is 22.6 Å². The van der Waals surface area contributed by atoms with E-state index >= 15 is 0 Å². The van der Waals surface area contributed by atoms with Crippen molar-refractivity contribution in [3.8, 4) is 17.3 Å². The van der Waals surface area contributed by atoms with Crippen LogP contribution in [0.3, 0.4) is 0 Å². The molecule has 0 bridgehead atoms. The van der Waals surface area contributed by atoms with E-state index in [0.717, 1.165) is 11.1 Å². The fraction of sp³-hybridized carbons (Fsp3) is 0.261. The van der Waals surface area contributed by atoms with Crippen LogP contribution in [-0.2, 0) is 0 Å². The molecule has 0 aliphatic rings. The molecule has 7 heteroatoms. The number of aromatic nitrogens is 2. The molecule has 4 aromatic rings. The van der Waals surface area contributed by atoms with Crippen molar-refractivity contribution in [1.82, 2.24) is 9.97 Å². The molecule has 154 valence electrons. The van der Waals surface area contributed by atoms with Crippen molar-refractivity contribution in [3.05, 3.63) is 74.1 Å². The van der Waals surface area contributed by atoms with Crippen LogP contribution in [0.5, 0.6) is 5.75 Å². The van der Waals surface area contributed by atoms with Gasteiger partial charge in [0.05, 0.1) is 17.3 Å². The first-order valence-electron chi connectivity index (χ1n) is 9.55. The van der Waals surface area contributed by atoms with Gasteiger partial charge in [0.25, 0.3) is 0 Å². The molecule has 0 saturated heterocycles. The Morgan fingerprint density at radius 2 is 1.87 bits per heavy atom. The van der Waals surface area contributed by atoms with E-state index in [4.69, 9.17) is 25.2 Å². The van der Waals surface area contributed by atoms with Gasteiger partial charge in [-0.05, 0) is 57.5 Å². The summed E-state index contributed by atoms with van der Waals surface area (Å²) in [6.07, 6.45) is 1.16. The molecule has 0 aliphatic heterocycles. The maximum atomic E-state index is 13.1. The number of hydrogen-bond acceptors (Lipinski definition) is 6. The van der Waals surface area contributed by atoms with Crippen LogP contribution in [-0.4, -0.2) is 9.97 Å². The second kappa shape index (κ2) is 7.61. The molecule has 1 aromatic carbocycles. The minimum atomic E-state index is -0.399. The lowest BCUT2D eigenvalue weighted by Crippen LogP contribution is -2.11. The van der Waals surface area contributed by atoms with Gasteiger partial charge in [-0.25, -0.2) is 9.97 Å². The largest absolute Gasteiger partial charge is 0.484 e. The second-order valence-corrected chi connectivity index (χ2v) is 7.72. The summed E-state index contributed by atoms with van der Waals surface area (Å²) >= 11 is 5.95. The summed E-state index contributed by atoms with van der Waals surface area (Å²) in [6.45, 7) is 9.14. The van der Waals surface area contributed by atoms with Gasteiger partial charge in [-0.1, -0.05) is 11.6 Å². The number of pyridine rings is 1. The first-order valence-corrected chi connectivity index (χ1v) is 9.93. The fourth-order valence-electron chi connectivity index (χ4n) is 3.47. The molecule has 6 nitrogen and oxygen atoms in total. The standard InChI is InChI=1S/C23H21ClN2O4/c1-11-8-16(14(4)28-18-6-7-20(24)26-13(18)3)23-17(9-11)21(27)12(2)22(30-23)19-10-25-15(5)29-19/h6-10,14H,1-5H3. The molecular formula is C23H21ClN2O4. The van der Waals surface area contributed by atoms with Gasteiger partial charge < -0.3 is 13.6 Å². The van der Waals surface area contributed by atoms with Gasteiger partial charge >= 0.3 is 0 Å². The Morgan fingerprint density at radius 1 is 1.10 bits per heavy atom. The Labute approximate surface area is 178 Å². The number of oxazole rings is 1. The molecule has 30 heavy (non-hydrogen) atoms. The number of rotatable bonds is 4. The third-order valence-corrected chi connectivity index (χ3v) is 5.19. The molecule has 0 saturated carbocycles. The highest BCUT2D eigenvalue weighted by molar-refractivity contribution is 6.29. The van der Waals surface area contributed by atoms with E-state index < -0.39 is 6.10 Å². The highest BCUT2D eigenvalue weighted by atomic mass is 35.5. The number of fused-ring (bicyclic) bond motifs is 1. The number of halogens is 1. The van der Waals surface area contributed by atoms with Crippen LogP contribution in [0.4, 0.5) is 0 Å². The van der Waals surface area contributed by atoms with Crippen molar-refractivity contribution in [2.75, 3.05) is 0 Å². The van der Waals surface area contributed by atoms with Gasteiger partial charge in [0, 0.05) is 18.1 Å². The van der Waals surface area contributed by atoms with Gasteiger partial charge in [-0.15, -0.1) is 0 Å². The van der Waals surface area contributed by atoms with Crippen LogP contribution in [0, 0.1) is 27.7 Å². The zero-order chi connectivity index (χ0) is 21.6. The molecule has 0 amide bonds. The highest BCUT2D eigenvalue weighted by Gasteiger charge is 2.21. The van der Waals surface area contributed by atoms with E-state index in [2.05, 4.69) is 9.97 Å². The van der Waals surface area contributed by atoms with Crippen LogP contribution < -0.4 is 10.2 Å². The topological polar surface area (TPSA) is 78.4 Å². The van der Waals surface area contributed by atoms with E-state index in [1.807, 2.05) is 32.9 Å². The van der Waals surface area contributed by atoms with E-state index in [1.165, 1.54) is 0 Å². The normalized spacial score (nSPS) is 12.3. The first kappa shape index (κ1) is 20.2. The quantitative estimate of drug-likeness (QED) is 0.381. The average molecular weight is 425 g/mol. The first-order chi connectivity index (χ1) is 14.2. The highest BCUT2D eigenvalue weighted by Crippen LogP contribution is 2.33. The van der Waals surface area contributed by atoms with Crippen molar-refractivity contribution < 1.29 is 13.6 Å². The van der Waals surface area contributed by atoms with Crippen molar-refractivity contribution in [3.63, 3.8) is 0 Å². The third-order valence-electron chi connectivity index (χ3n) is 4.98. The zero-order valence-electron chi connectivity index (χ0n) is 17.4. The molecule has 1 unspecified atom stereocenters. The summed E-state index contributed by atoms with van der Waals surface area (Å²) in [7, 11) is 0. The number of aryl methyl sites for hydroxylation is 3. The van der Waals surface area contributed by atoms with Gasteiger partial charge in [0.2, 0.25) is 0 Å². The van der Waals surface area contributed by atoms with Crippen molar-refractivity contribution in [2.45, 2.75) is 40.7 Å². The molecule has 0 spiro atoms. The monoisotopic (exact) mass is 424 g/mol. The van der Waals surface area contributed by atoms with Crippen molar-refractivity contribution in [2.24, 2.45) is 0 Å². The maximum absolute atomic E-state index is 13.1. The summed E-state index contributed by atoms with van der Waals surface area (Å²) in [5, 5.41) is 0.908. The summed E-state index contributed by atoms with van der Waals surface area (Å²) < 4.78 is 18.0. The minimum absolute atomic E-state index is 0.109.